The number of H-pyrrole nitrogens is 1. The van der Waals surface area contributed by atoms with E-state index < -0.39 is 5.91 Å². The molecule has 10 heteroatoms. The van der Waals surface area contributed by atoms with Gasteiger partial charge in [0.25, 0.3) is 5.91 Å². The highest BCUT2D eigenvalue weighted by Gasteiger charge is 2.27. The minimum atomic E-state index is -0.397. The lowest BCUT2D eigenvalue weighted by atomic mass is 9.96. The topological polar surface area (TPSA) is 113 Å². The van der Waals surface area contributed by atoms with Crippen molar-refractivity contribution in [2.45, 2.75) is 18.9 Å². The summed E-state index contributed by atoms with van der Waals surface area (Å²) >= 11 is 0. The van der Waals surface area contributed by atoms with Crippen LogP contribution >= 0.6 is 0 Å². The second-order valence-corrected chi connectivity index (χ2v) is 7.91. The van der Waals surface area contributed by atoms with Crippen molar-refractivity contribution in [3.63, 3.8) is 0 Å². The van der Waals surface area contributed by atoms with Crippen LogP contribution in [0.2, 0.25) is 0 Å². The zero-order valence-corrected chi connectivity index (χ0v) is 20.6. The lowest BCUT2D eigenvalue weighted by Crippen LogP contribution is -2.24. The third-order valence-electron chi connectivity index (χ3n) is 5.73. The molecule has 0 saturated heterocycles. The zero-order chi connectivity index (χ0) is 25.5. The van der Waals surface area contributed by atoms with Crippen molar-refractivity contribution in [2.75, 3.05) is 35.0 Å². The Labute approximate surface area is 209 Å². The monoisotopic (exact) mass is 495 g/mol. The van der Waals surface area contributed by atoms with Crippen LogP contribution in [0.15, 0.2) is 47.7 Å². The van der Waals surface area contributed by atoms with Crippen LogP contribution in [0, 0.1) is 0 Å². The number of rotatable bonds is 10. The number of aromatic nitrogens is 1. The molecule has 1 amide bonds. The molecule has 0 fully saturated rings. The van der Waals surface area contributed by atoms with Crippen LogP contribution in [-0.4, -0.2) is 52.2 Å². The number of fused-ring (bicyclic) bond motifs is 1. The Morgan fingerprint density at radius 2 is 1.83 bits per heavy atom. The first-order valence-electron chi connectivity index (χ1n) is 11.3. The van der Waals surface area contributed by atoms with Gasteiger partial charge in [-0.15, -0.1) is 0 Å². The number of carbonyl (C=O) groups excluding carboxylic acids is 1. The van der Waals surface area contributed by atoms with Gasteiger partial charge in [-0.05, 0) is 42.7 Å². The van der Waals surface area contributed by atoms with Gasteiger partial charge in [0.2, 0.25) is 5.75 Å². The molecular weight excluding hydrogens is 466 g/mol. The van der Waals surface area contributed by atoms with Crippen LogP contribution in [0.4, 0.5) is 0 Å². The summed E-state index contributed by atoms with van der Waals surface area (Å²) in [5, 5.41) is 3.90. The van der Waals surface area contributed by atoms with E-state index >= 15 is 0 Å². The highest BCUT2D eigenvalue weighted by molar-refractivity contribution is 5.81. The van der Waals surface area contributed by atoms with E-state index in [1.54, 1.807) is 46.8 Å². The Bertz CT molecular complexity index is 1200. The first kappa shape index (κ1) is 24.8. The van der Waals surface area contributed by atoms with Gasteiger partial charge < -0.3 is 33.4 Å². The molecule has 0 bridgehead atoms. The summed E-state index contributed by atoms with van der Waals surface area (Å²) in [5.41, 5.74) is 5.03. The van der Waals surface area contributed by atoms with Gasteiger partial charge >= 0.3 is 0 Å². The molecule has 0 spiro atoms. The molecule has 1 atom stereocenters. The van der Waals surface area contributed by atoms with Gasteiger partial charge in [-0.1, -0.05) is 0 Å². The second kappa shape index (κ2) is 11.4. The number of ether oxygens (including phenoxy) is 6. The fourth-order valence-corrected chi connectivity index (χ4v) is 4.00. The minimum absolute atomic E-state index is 0.222. The normalized spacial score (nSPS) is 14.5. The molecule has 10 nitrogen and oxygen atoms in total. The number of amides is 1. The number of carbonyl (C=O) groups is 1. The Morgan fingerprint density at radius 3 is 2.47 bits per heavy atom. The SMILES string of the molecule is COc1cc(OCC(=O)N/N=C/c2ccc[nH]2)cc2c1CCC(c1cc(OC)c(OC)c(OC)c1)O2. The Balaban J connectivity index is 1.48. The van der Waals surface area contributed by atoms with E-state index in [1.807, 2.05) is 24.3 Å². The molecule has 2 N–H and O–H groups in total. The molecule has 0 aliphatic carbocycles. The first-order chi connectivity index (χ1) is 17.6. The van der Waals surface area contributed by atoms with Gasteiger partial charge in [-0.2, -0.15) is 5.10 Å². The summed E-state index contributed by atoms with van der Waals surface area (Å²) in [6.45, 7) is -0.222. The standard InChI is InChI=1S/C26H29N3O7/c1-31-21-12-18(35-15-25(30)29-28-14-17-6-5-9-27-17)13-22-19(21)7-8-20(36-22)16-10-23(32-2)26(34-4)24(11-16)33-3/h5-6,9-14,20,27H,7-8,15H2,1-4H3,(H,29,30)/b28-14+. The smallest absolute Gasteiger partial charge is 0.277 e. The predicted octanol–water partition coefficient (Wildman–Crippen LogP) is 3.64. The first-order valence-corrected chi connectivity index (χ1v) is 11.3. The summed E-state index contributed by atoms with van der Waals surface area (Å²) in [6.07, 6.45) is 4.48. The van der Waals surface area contributed by atoms with Crippen molar-refractivity contribution in [3.05, 3.63) is 59.4 Å². The van der Waals surface area contributed by atoms with Crippen molar-refractivity contribution in [2.24, 2.45) is 5.10 Å². The second-order valence-electron chi connectivity index (χ2n) is 7.91. The van der Waals surface area contributed by atoms with Crippen molar-refractivity contribution < 1.29 is 33.2 Å². The Morgan fingerprint density at radius 1 is 1.08 bits per heavy atom. The van der Waals surface area contributed by atoms with Crippen LogP contribution in [0.5, 0.6) is 34.5 Å². The number of hydrazone groups is 1. The highest BCUT2D eigenvalue weighted by atomic mass is 16.5. The Kier molecular flexibility index (Phi) is 7.84. The zero-order valence-electron chi connectivity index (χ0n) is 20.6. The Hall–Kier alpha value is -4.34. The average molecular weight is 496 g/mol. The van der Waals surface area contributed by atoms with Crippen molar-refractivity contribution in [3.8, 4) is 34.5 Å². The van der Waals surface area contributed by atoms with Gasteiger partial charge in [0.15, 0.2) is 18.1 Å². The maximum absolute atomic E-state index is 12.1. The van der Waals surface area contributed by atoms with E-state index in [0.717, 1.165) is 29.7 Å². The summed E-state index contributed by atoms with van der Waals surface area (Å²) < 4.78 is 34.0. The van der Waals surface area contributed by atoms with Gasteiger partial charge in [-0.25, -0.2) is 5.43 Å². The van der Waals surface area contributed by atoms with Crippen molar-refractivity contribution in [1.29, 1.82) is 0 Å². The molecule has 2 heterocycles. The summed E-state index contributed by atoms with van der Waals surface area (Å²) in [7, 11) is 6.31. The minimum Gasteiger partial charge on any atom is -0.496 e. The summed E-state index contributed by atoms with van der Waals surface area (Å²) in [5.74, 6) is 2.94. The van der Waals surface area contributed by atoms with Gasteiger partial charge in [0.1, 0.15) is 23.4 Å². The molecule has 0 saturated carbocycles. The van der Waals surface area contributed by atoms with Crippen LogP contribution in [0.25, 0.3) is 0 Å². The van der Waals surface area contributed by atoms with E-state index in [-0.39, 0.29) is 12.7 Å². The molecule has 1 aliphatic heterocycles. The van der Waals surface area contributed by atoms with E-state index in [1.165, 1.54) is 6.21 Å². The molecule has 3 aromatic rings. The number of aromatic amines is 1. The number of hydrogen-bond acceptors (Lipinski definition) is 8. The number of benzene rings is 2. The van der Waals surface area contributed by atoms with Crippen molar-refractivity contribution >= 4 is 12.1 Å². The fraction of sp³-hybridized carbons (Fsp3) is 0.308. The van der Waals surface area contributed by atoms with Crippen LogP contribution in [0.1, 0.15) is 29.3 Å². The number of nitrogens with zero attached hydrogens (tertiary/aromatic N) is 1. The highest BCUT2D eigenvalue weighted by Crippen LogP contribution is 2.45. The number of hydrogen-bond donors (Lipinski definition) is 2. The van der Waals surface area contributed by atoms with E-state index in [0.29, 0.717) is 34.5 Å². The molecule has 4 rings (SSSR count). The molecule has 1 aromatic heterocycles. The van der Waals surface area contributed by atoms with Gasteiger partial charge in [0.05, 0.1) is 40.3 Å². The lowest BCUT2D eigenvalue weighted by Gasteiger charge is -2.29. The number of methoxy groups -OCH3 is 4. The predicted molar refractivity (Wildman–Crippen MR) is 133 cm³/mol. The van der Waals surface area contributed by atoms with Crippen LogP contribution < -0.4 is 33.8 Å². The van der Waals surface area contributed by atoms with E-state index in [2.05, 4.69) is 15.5 Å². The fourth-order valence-electron chi connectivity index (χ4n) is 4.00. The molecule has 1 unspecified atom stereocenters. The summed E-state index contributed by atoms with van der Waals surface area (Å²) in [4.78, 5) is 15.1. The maximum Gasteiger partial charge on any atom is 0.277 e. The maximum atomic E-state index is 12.1. The third-order valence-corrected chi connectivity index (χ3v) is 5.73. The van der Waals surface area contributed by atoms with Gasteiger partial charge in [0, 0.05) is 23.9 Å². The van der Waals surface area contributed by atoms with E-state index in [4.69, 9.17) is 28.4 Å². The molecular formula is C26H29N3O7. The largest absolute Gasteiger partial charge is 0.496 e. The van der Waals surface area contributed by atoms with Crippen LogP contribution in [0.3, 0.4) is 0 Å². The lowest BCUT2D eigenvalue weighted by molar-refractivity contribution is -0.123. The van der Waals surface area contributed by atoms with E-state index in [9.17, 15) is 4.79 Å². The molecule has 190 valence electrons. The van der Waals surface area contributed by atoms with Crippen molar-refractivity contribution in [1.82, 2.24) is 10.4 Å². The molecule has 2 aromatic carbocycles. The quantitative estimate of drug-likeness (QED) is 0.326. The number of nitrogens with one attached hydrogen (secondary N) is 2. The third kappa shape index (κ3) is 5.48. The van der Waals surface area contributed by atoms with Gasteiger partial charge in [-0.3, -0.25) is 4.79 Å². The van der Waals surface area contributed by atoms with Crippen LogP contribution in [-0.2, 0) is 11.2 Å². The molecule has 1 aliphatic rings. The summed E-state index contributed by atoms with van der Waals surface area (Å²) in [6, 6.07) is 10.9. The molecule has 0 radical (unpaired) electrons. The molecule has 36 heavy (non-hydrogen) atoms. The average Bonchev–Trinajstić information content (AvgIpc) is 3.43.